The monoisotopic (exact) mass is 261 g/mol. The predicted octanol–water partition coefficient (Wildman–Crippen LogP) is 2.08. The van der Waals surface area contributed by atoms with Gasteiger partial charge in [-0.25, -0.2) is 0 Å². The lowest BCUT2D eigenvalue weighted by atomic mass is 10.2. The average Bonchev–Trinajstić information content (AvgIpc) is 2.46. The van der Waals surface area contributed by atoms with Crippen molar-refractivity contribution in [2.24, 2.45) is 5.73 Å². The summed E-state index contributed by atoms with van der Waals surface area (Å²) in [5.74, 6) is 0. The van der Waals surface area contributed by atoms with Gasteiger partial charge in [-0.1, -0.05) is 0 Å². The zero-order chi connectivity index (χ0) is 9.26. The Hall–Kier alpha value is 0.1000. The smallest absolute Gasteiger partial charge is 0.0739 e. The number of thiophene rings is 1. The lowest BCUT2D eigenvalue weighted by Crippen LogP contribution is -2.06. The fourth-order valence-electron chi connectivity index (χ4n) is 1.52. The molecule has 1 aromatic heterocycles. The van der Waals surface area contributed by atoms with Gasteiger partial charge in [0.1, 0.15) is 0 Å². The Morgan fingerprint density at radius 2 is 2.38 bits per heavy atom. The van der Waals surface area contributed by atoms with Crippen molar-refractivity contribution in [3.05, 3.63) is 19.8 Å². The molecular formula is C9H12BrNOS. The summed E-state index contributed by atoms with van der Waals surface area (Å²) in [5.41, 5.74) is 6.89. The van der Waals surface area contributed by atoms with E-state index in [2.05, 4.69) is 15.9 Å². The molecule has 1 aliphatic heterocycles. The van der Waals surface area contributed by atoms with Gasteiger partial charge in [0.25, 0.3) is 0 Å². The molecule has 72 valence electrons. The largest absolute Gasteiger partial charge is 0.376 e. The van der Waals surface area contributed by atoms with Crippen LogP contribution in [0.3, 0.4) is 0 Å². The van der Waals surface area contributed by atoms with Crippen LogP contribution in [-0.2, 0) is 24.2 Å². The van der Waals surface area contributed by atoms with Crippen LogP contribution in [0.4, 0.5) is 0 Å². The van der Waals surface area contributed by atoms with Crippen LogP contribution in [0.15, 0.2) is 4.47 Å². The maximum atomic E-state index is 5.54. The first-order valence-corrected chi connectivity index (χ1v) is 6.00. The molecule has 0 unspecified atom stereocenters. The highest BCUT2D eigenvalue weighted by atomic mass is 79.9. The second kappa shape index (κ2) is 4.09. The lowest BCUT2D eigenvalue weighted by Gasteiger charge is -2.11. The van der Waals surface area contributed by atoms with Gasteiger partial charge in [0.05, 0.1) is 13.2 Å². The van der Waals surface area contributed by atoms with E-state index in [9.17, 15) is 0 Å². The SMILES string of the molecule is NCCc1sc2c(c1Br)COCC2. The molecule has 0 bridgehead atoms. The van der Waals surface area contributed by atoms with Crippen molar-refractivity contribution >= 4 is 27.3 Å². The topological polar surface area (TPSA) is 35.2 Å². The Bertz CT molecular complexity index is 311. The maximum absolute atomic E-state index is 5.54. The van der Waals surface area contributed by atoms with Gasteiger partial charge in [-0.3, -0.25) is 0 Å². The number of hydrogen-bond acceptors (Lipinski definition) is 3. The van der Waals surface area contributed by atoms with E-state index in [4.69, 9.17) is 10.5 Å². The number of nitrogens with two attached hydrogens (primary N) is 1. The van der Waals surface area contributed by atoms with Crippen molar-refractivity contribution in [1.82, 2.24) is 0 Å². The first kappa shape index (κ1) is 9.65. The zero-order valence-electron chi connectivity index (χ0n) is 7.31. The molecule has 0 radical (unpaired) electrons. The summed E-state index contributed by atoms with van der Waals surface area (Å²) >= 11 is 5.49. The van der Waals surface area contributed by atoms with Crippen molar-refractivity contribution in [2.75, 3.05) is 13.2 Å². The van der Waals surface area contributed by atoms with E-state index < -0.39 is 0 Å². The van der Waals surface area contributed by atoms with Gasteiger partial charge in [-0.15, -0.1) is 11.3 Å². The Balaban J connectivity index is 2.33. The Morgan fingerprint density at radius 1 is 1.54 bits per heavy atom. The van der Waals surface area contributed by atoms with Crippen LogP contribution in [0.2, 0.25) is 0 Å². The van der Waals surface area contributed by atoms with Gasteiger partial charge in [-0.2, -0.15) is 0 Å². The Kier molecular flexibility index (Phi) is 3.03. The highest BCUT2D eigenvalue weighted by Gasteiger charge is 2.18. The standard InChI is InChI=1S/C9H12BrNOS/c10-9-6-5-12-4-2-7(6)13-8(9)1-3-11/h1-5,11H2. The van der Waals surface area contributed by atoms with Crippen molar-refractivity contribution in [1.29, 1.82) is 0 Å². The molecular weight excluding hydrogens is 250 g/mol. The normalized spacial score (nSPS) is 15.8. The molecule has 1 aliphatic rings. The molecule has 2 rings (SSSR count). The number of rotatable bonds is 2. The molecule has 2 nitrogen and oxygen atoms in total. The molecule has 1 aromatic rings. The first-order chi connectivity index (χ1) is 6.33. The fourth-order valence-corrected chi connectivity index (χ4v) is 3.65. The summed E-state index contributed by atoms with van der Waals surface area (Å²) in [5, 5.41) is 0. The molecule has 4 heteroatoms. The van der Waals surface area contributed by atoms with E-state index in [0.29, 0.717) is 0 Å². The van der Waals surface area contributed by atoms with E-state index in [0.717, 1.165) is 32.6 Å². The summed E-state index contributed by atoms with van der Waals surface area (Å²) in [6.45, 7) is 2.35. The highest BCUT2D eigenvalue weighted by molar-refractivity contribution is 9.10. The minimum atomic E-state index is 0.721. The molecule has 2 N–H and O–H groups in total. The minimum absolute atomic E-state index is 0.721. The van der Waals surface area contributed by atoms with E-state index >= 15 is 0 Å². The van der Waals surface area contributed by atoms with Crippen molar-refractivity contribution in [2.45, 2.75) is 19.4 Å². The molecule has 13 heavy (non-hydrogen) atoms. The average molecular weight is 262 g/mol. The predicted molar refractivity (Wildman–Crippen MR) is 58.1 cm³/mol. The third-order valence-electron chi connectivity index (χ3n) is 2.18. The van der Waals surface area contributed by atoms with E-state index in [1.807, 2.05) is 11.3 Å². The van der Waals surface area contributed by atoms with Crippen LogP contribution in [0.25, 0.3) is 0 Å². The Morgan fingerprint density at radius 3 is 3.08 bits per heavy atom. The number of fused-ring (bicyclic) bond motifs is 1. The van der Waals surface area contributed by atoms with Crippen LogP contribution in [0.5, 0.6) is 0 Å². The van der Waals surface area contributed by atoms with Gasteiger partial charge < -0.3 is 10.5 Å². The molecule has 0 spiro atoms. The van der Waals surface area contributed by atoms with E-state index in [-0.39, 0.29) is 0 Å². The first-order valence-electron chi connectivity index (χ1n) is 4.39. The molecule has 0 saturated carbocycles. The minimum Gasteiger partial charge on any atom is -0.376 e. The summed E-state index contributed by atoms with van der Waals surface area (Å²) in [6, 6.07) is 0. The van der Waals surface area contributed by atoms with Gasteiger partial charge in [0.2, 0.25) is 0 Å². The zero-order valence-corrected chi connectivity index (χ0v) is 9.71. The number of halogens is 1. The van der Waals surface area contributed by atoms with Gasteiger partial charge in [-0.05, 0) is 28.9 Å². The second-order valence-electron chi connectivity index (χ2n) is 3.08. The molecule has 2 heterocycles. The summed E-state index contributed by atoms with van der Waals surface area (Å²) in [7, 11) is 0. The fraction of sp³-hybridized carbons (Fsp3) is 0.556. The summed E-state index contributed by atoms with van der Waals surface area (Å²) < 4.78 is 6.65. The van der Waals surface area contributed by atoms with Crippen molar-refractivity contribution in [3.8, 4) is 0 Å². The Labute approximate surface area is 90.2 Å². The van der Waals surface area contributed by atoms with Gasteiger partial charge in [0, 0.05) is 26.2 Å². The van der Waals surface area contributed by atoms with Crippen molar-refractivity contribution < 1.29 is 4.74 Å². The van der Waals surface area contributed by atoms with Crippen LogP contribution >= 0.6 is 27.3 Å². The highest BCUT2D eigenvalue weighted by Crippen LogP contribution is 2.36. The molecule has 0 aliphatic carbocycles. The van der Waals surface area contributed by atoms with Gasteiger partial charge in [0.15, 0.2) is 0 Å². The molecule has 0 fully saturated rings. The van der Waals surface area contributed by atoms with Gasteiger partial charge >= 0.3 is 0 Å². The van der Waals surface area contributed by atoms with E-state index in [1.165, 1.54) is 19.8 Å². The van der Waals surface area contributed by atoms with Crippen molar-refractivity contribution in [3.63, 3.8) is 0 Å². The number of hydrogen-bond donors (Lipinski definition) is 1. The summed E-state index contributed by atoms with van der Waals surface area (Å²) in [6.07, 6.45) is 2.03. The molecule has 0 aromatic carbocycles. The van der Waals surface area contributed by atoms with Crippen LogP contribution in [0, 0.1) is 0 Å². The third-order valence-corrected chi connectivity index (χ3v) is 4.76. The van der Waals surface area contributed by atoms with E-state index in [1.54, 1.807) is 0 Å². The molecule has 0 atom stereocenters. The van der Waals surface area contributed by atoms with Crippen LogP contribution in [-0.4, -0.2) is 13.2 Å². The molecule has 0 amide bonds. The van der Waals surface area contributed by atoms with Crippen LogP contribution in [0.1, 0.15) is 15.3 Å². The second-order valence-corrected chi connectivity index (χ2v) is 5.06. The van der Waals surface area contributed by atoms with Crippen LogP contribution < -0.4 is 5.73 Å². The summed E-state index contributed by atoms with van der Waals surface area (Å²) in [4.78, 5) is 2.85. The molecule has 0 saturated heterocycles. The lowest BCUT2D eigenvalue weighted by molar-refractivity contribution is 0.111. The maximum Gasteiger partial charge on any atom is 0.0739 e. The quantitative estimate of drug-likeness (QED) is 0.885. The third kappa shape index (κ3) is 1.81. The number of ether oxygens (including phenoxy) is 1.